The first-order valence-electron chi connectivity index (χ1n) is 10.3. The number of aromatic hydroxyl groups is 2. The third-order valence-corrected chi connectivity index (χ3v) is 6.21. The number of rotatable bonds is 7. The van der Waals surface area contributed by atoms with E-state index in [1.54, 1.807) is 19.2 Å². The molecule has 4 rings (SSSR count). The molecule has 34 heavy (non-hydrogen) atoms. The van der Waals surface area contributed by atoms with Crippen LogP contribution in [0.5, 0.6) is 23.0 Å². The molecule has 0 bridgehead atoms. The lowest BCUT2D eigenvalue weighted by atomic mass is 10.0. The van der Waals surface area contributed by atoms with Gasteiger partial charge in [-0.2, -0.15) is 5.10 Å². The minimum atomic E-state index is -0.893. The molecule has 0 radical (unpaired) electrons. The Balaban J connectivity index is 1.56. The second-order valence-corrected chi connectivity index (χ2v) is 8.32. The van der Waals surface area contributed by atoms with Crippen molar-refractivity contribution in [1.82, 2.24) is 5.01 Å². The molecule has 0 saturated heterocycles. The van der Waals surface area contributed by atoms with E-state index in [4.69, 9.17) is 14.2 Å². The van der Waals surface area contributed by atoms with Crippen molar-refractivity contribution < 1.29 is 34.0 Å². The van der Waals surface area contributed by atoms with Gasteiger partial charge < -0.3 is 24.4 Å². The fraction of sp³-hybridized carbons (Fsp3) is 0.208. The molecule has 0 saturated carbocycles. The number of esters is 1. The van der Waals surface area contributed by atoms with E-state index >= 15 is 0 Å². The molecule has 3 aromatic rings. The van der Waals surface area contributed by atoms with Crippen molar-refractivity contribution in [3.05, 3.63) is 69.9 Å². The first-order valence-corrected chi connectivity index (χ1v) is 11.1. The highest BCUT2D eigenvalue weighted by molar-refractivity contribution is 7.12. The van der Waals surface area contributed by atoms with Gasteiger partial charge >= 0.3 is 5.97 Å². The predicted octanol–water partition coefficient (Wildman–Crippen LogP) is 3.71. The number of methoxy groups -OCH3 is 2. The van der Waals surface area contributed by atoms with E-state index in [1.165, 1.54) is 35.6 Å². The Morgan fingerprint density at radius 2 is 1.88 bits per heavy atom. The highest BCUT2D eigenvalue weighted by atomic mass is 32.1. The van der Waals surface area contributed by atoms with Crippen LogP contribution in [-0.2, 0) is 9.53 Å². The van der Waals surface area contributed by atoms with Crippen molar-refractivity contribution in [2.24, 2.45) is 5.10 Å². The van der Waals surface area contributed by atoms with Gasteiger partial charge in [-0.1, -0.05) is 12.1 Å². The number of phenolic OH excluding ortho intramolecular Hbond substituents is 2. The summed E-state index contributed by atoms with van der Waals surface area (Å²) < 4.78 is 15.8. The molecule has 2 aromatic carbocycles. The number of carbonyl (C=O) groups is 2. The molecule has 10 heteroatoms. The number of phenols is 2. The Morgan fingerprint density at radius 1 is 1.09 bits per heavy atom. The van der Waals surface area contributed by atoms with Crippen LogP contribution in [-0.4, -0.2) is 53.6 Å². The van der Waals surface area contributed by atoms with Crippen molar-refractivity contribution in [2.75, 3.05) is 20.8 Å². The number of amides is 1. The third kappa shape index (κ3) is 4.67. The zero-order valence-corrected chi connectivity index (χ0v) is 19.2. The Hall–Kier alpha value is -4.05. The normalized spacial score (nSPS) is 15.1. The van der Waals surface area contributed by atoms with Crippen molar-refractivity contribution in [3.8, 4) is 23.0 Å². The van der Waals surface area contributed by atoms with Crippen LogP contribution in [0.25, 0.3) is 0 Å². The standard InChI is InChI=1S/C24H22N2O7S/c1-31-20-8-5-14(10-21(20)32-2)18-12-17(22-4-3-9-34-22)25-26(18)23(29)13-33-24(30)16-7-6-15(27)11-19(16)28/h3-11,18,27-28H,12-13H2,1-2H3. The van der Waals surface area contributed by atoms with Crippen LogP contribution >= 0.6 is 11.3 Å². The lowest BCUT2D eigenvalue weighted by molar-refractivity contribution is -0.136. The third-order valence-electron chi connectivity index (χ3n) is 5.29. The predicted molar refractivity (Wildman–Crippen MR) is 125 cm³/mol. The van der Waals surface area contributed by atoms with E-state index in [0.717, 1.165) is 22.2 Å². The quantitative estimate of drug-likeness (QED) is 0.493. The summed E-state index contributed by atoms with van der Waals surface area (Å²) in [5, 5.41) is 27.0. The van der Waals surface area contributed by atoms with Gasteiger partial charge in [0.25, 0.3) is 5.91 Å². The fourth-order valence-corrected chi connectivity index (χ4v) is 4.34. The Kier molecular flexibility index (Phi) is 6.69. The average Bonchev–Trinajstić information content (AvgIpc) is 3.52. The van der Waals surface area contributed by atoms with E-state index in [-0.39, 0.29) is 11.3 Å². The van der Waals surface area contributed by atoms with Gasteiger partial charge in [-0.05, 0) is 41.3 Å². The second-order valence-electron chi connectivity index (χ2n) is 7.37. The summed E-state index contributed by atoms with van der Waals surface area (Å²) in [5.41, 5.74) is 1.36. The Bertz CT molecular complexity index is 1240. The summed E-state index contributed by atoms with van der Waals surface area (Å²) >= 11 is 1.52. The molecule has 1 atom stereocenters. The van der Waals surface area contributed by atoms with Crippen LogP contribution in [0.4, 0.5) is 0 Å². The molecule has 1 aliphatic rings. The number of hydrazone groups is 1. The molecule has 1 aliphatic heterocycles. The summed E-state index contributed by atoms with van der Waals surface area (Å²) in [7, 11) is 3.08. The van der Waals surface area contributed by atoms with Gasteiger partial charge in [-0.3, -0.25) is 4.79 Å². The summed E-state index contributed by atoms with van der Waals surface area (Å²) in [6, 6.07) is 12.2. The van der Waals surface area contributed by atoms with Gasteiger partial charge in [-0.15, -0.1) is 11.3 Å². The average molecular weight is 483 g/mol. The second kappa shape index (κ2) is 9.84. The molecule has 2 N–H and O–H groups in total. The number of benzene rings is 2. The van der Waals surface area contributed by atoms with Crippen LogP contribution in [0, 0.1) is 0 Å². The van der Waals surface area contributed by atoms with Crippen molar-refractivity contribution in [3.63, 3.8) is 0 Å². The van der Waals surface area contributed by atoms with Crippen molar-refractivity contribution in [2.45, 2.75) is 12.5 Å². The van der Waals surface area contributed by atoms with E-state index in [9.17, 15) is 19.8 Å². The minimum Gasteiger partial charge on any atom is -0.508 e. The van der Waals surface area contributed by atoms with Gasteiger partial charge in [-0.25, -0.2) is 9.80 Å². The molecule has 0 aliphatic carbocycles. The number of thiophene rings is 1. The van der Waals surface area contributed by atoms with Gasteiger partial charge in [0.05, 0.1) is 30.9 Å². The molecule has 176 valence electrons. The summed E-state index contributed by atoms with van der Waals surface area (Å²) in [5.74, 6) is -0.987. The molecule has 1 aromatic heterocycles. The highest BCUT2D eigenvalue weighted by Crippen LogP contribution is 2.38. The van der Waals surface area contributed by atoms with E-state index in [2.05, 4.69) is 5.10 Å². The maximum absolute atomic E-state index is 13.1. The molecule has 0 spiro atoms. The van der Waals surface area contributed by atoms with Gasteiger partial charge in [0.1, 0.15) is 17.1 Å². The van der Waals surface area contributed by atoms with Crippen LogP contribution in [0.15, 0.2) is 59.0 Å². The largest absolute Gasteiger partial charge is 0.508 e. The van der Waals surface area contributed by atoms with Crippen LogP contribution in [0.3, 0.4) is 0 Å². The van der Waals surface area contributed by atoms with E-state index in [1.807, 2.05) is 23.6 Å². The zero-order valence-electron chi connectivity index (χ0n) is 18.4. The SMILES string of the molecule is COc1ccc(C2CC(c3cccs3)=NN2C(=O)COC(=O)c2ccc(O)cc2O)cc1OC. The van der Waals surface area contributed by atoms with E-state index < -0.39 is 30.3 Å². The first-order chi connectivity index (χ1) is 16.4. The van der Waals surface area contributed by atoms with Gasteiger partial charge in [0.15, 0.2) is 18.1 Å². The van der Waals surface area contributed by atoms with Crippen LogP contribution in [0.2, 0.25) is 0 Å². The summed E-state index contributed by atoms with van der Waals surface area (Å²) in [4.78, 5) is 26.4. The minimum absolute atomic E-state index is 0.161. The molecule has 0 fully saturated rings. The smallest absolute Gasteiger partial charge is 0.342 e. The van der Waals surface area contributed by atoms with Gasteiger partial charge in [0, 0.05) is 12.5 Å². The van der Waals surface area contributed by atoms with Crippen molar-refractivity contribution >= 4 is 28.9 Å². The summed E-state index contributed by atoms with van der Waals surface area (Å²) in [6.07, 6.45) is 0.467. The van der Waals surface area contributed by atoms with E-state index in [0.29, 0.717) is 17.9 Å². The lowest BCUT2D eigenvalue weighted by Crippen LogP contribution is -2.31. The van der Waals surface area contributed by atoms with Gasteiger partial charge in [0.2, 0.25) is 0 Å². The Labute approximate surface area is 199 Å². The monoisotopic (exact) mass is 482 g/mol. The molecule has 9 nitrogen and oxygen atoms in total. The lowest BCUT2D eigenvalue weighted by Gasteiger charge is -2.22. The molecule has 1 unspecified atom stereocenters. The topological polar surface area (TPSA) is 118 Å². The number of ether oxygens (including phenoxy) is 3. The first kappa shape index (κ1) is 23.1. The van der Waals surface area contributed by atoms with Crippen LogP contribution < -0.4 is 9.47 Å². The number of carbonyl (C=O) groups excluding carboxylic acids is 2. The molecule has 2 heterocycles. The zero-order chi connectivity index (χ0) is 24.2. The number of hydrogen-bond donors (Lipinski definition) is 2. The Morgan fingerprint density at radius 3 is 2.56 bits per heavy atom. The molecular weight excluding hydrogens is 460 g/mol. The summed E-state index contributed by atoms with van der Waals surface area (Å²) in [6.45, 7) is -0.579. The molecular formula is C24H22N2O7S. The maximum atomic E-state index is 13.1. The maximum Gasteiger partial charge on any atom is 0.342 e. The molecule has 1 amide bonds. The number of hydrogen-bond acceptors (Lipinski definition) is 9. The fourth-order valence-electron chi connectivity index (χ4n) is 3.62. The van der Waals surface area contributed by atoms with Crippen molar-refractivity contribution in [1.29, 1.82) is 0 Å². The number of nitrogens with zero attached hydrogens (tertiary/aromatic N) is 2. The highest BCUT2D eigenvalue weighted by Gasteiger charge is 2.34. The van der Waals surface area contributed by atoms with Crippen LogP contribution in [0.1, 0.15) is 33.3 Å².